The summed E-state index contributed by atoms with van der Waals surface area (Å²) in [6.45, 7) is 7.88. The van der Waals surface area contributed by atoms with E-state index in [1.807, 2.05) is 0 Å². The summed E-state index contributed by atoms with van der Waals surface area (Å²) < 4.78 is 2.06. The number of unbranched alkanes of at least 4 members (excludes halogenated alkanes) is 2. The average molecular weight is 195 g/mol. The molecule has 0 amide bonds. The first-order chi connectivity index (χ1) is 6.64. The Labute approximate surface area is 86.5 Å². The van der Waals surface area contributed by atoms with Crippen LogP contribution in [-0.2, 0) is 6.54 Å². The highest BCUT2D eigenvalue weighted by Gasteiger charge is 2.17. The van der Waals surface area contributed by atoms with Crippen molar-refractivity contribution in [3.63, 3.8) is 0 Å². The Balaban J connectivity index is 2.33. The summed E-state index contributed by atoms with van der Waals surface area (Å²) in [7, 11) is 0. The maximum atomic E-state index is 3.82. The fourth-order valence-corrected chi connectivity index (χ4v) is 1.73. The molecule has 1 rings (SSSR count). The number of aromatic nitrogens is 3. The third-order valence-corrected chi connectivity index (χ3v) is 2.53. The van der Waals surface area contributed by atoms with Gasteiger partial charge >= 0.3 is 0 Å². The topological polar surface area (TPSA) is 30.7 Å². The van der Waals surface area contributed by atoms with Crippen molar-refractivity contribution in [1.29, 1.82) is 0 Å². The van der Waals surface area contributed by atoms with E-state index >= 15 is 0 Å². The van der Waals surface area contributed by atoms with Crippen molar-refractivity contribution in [2.45, 2.75) is 53.0 Å². The van der Waals surface area contributed by atoms with E-state index in [0.717, 1.165) is 6.54 Å². The maximum absolute atomic E-state index is 3.82. The Bertz CT molecular complexity index is 239. The lowest BCUT2D eigenvalue weighted by Gasteiger charge is -2.24. The second-order valence-corrected chi connectivity index (χ2v) is 4.76. The van der Waals surface area contributed by atoms with Crippen LogP contribution in [-0.4, -0.2) is 14.8 Å². The van der Waals surface area contributed by atoms with E-state index in [-0.39, 0.29) is 0 Å². The molecule has 1 aromatic heterocycles. The summed E-state index contributed by atoms with van der Waals surface area (Å²) >= 11 is 0. The molecule has 1 aromatic rings. The van der Waals surface area contributed by atoms with Gasteiger partial charge in [-0.3, -0.25) is 0 Å². The summed E-state index contributed by atoms with van der Waals surface area (Å²) in [5, 5.41) is 7.63. The third-order valence-electron chi connectivity index (χ3n) is 2.53. The van der Waals surface area contributed by atoms with Crippen LogP contribution in [0.15, 0.2) is 12.7 Å². The van der Waals surface area contributed by atoms with E-state index in [2.05, 4.69) is 35.5 Å². The smallest absolute Gasteiger partial charge is 0.119 e. The van der Waals surface area contributed by atoms with Crippen molar-refractivity contribution in [3.8, 4) is 0 Å². The molecule has 0 radical (unpaired) electrons. The zero-order valence-electron chi connectivity index (χ0n) is 9.53. The summed E-state index contributed by atoms with van der Waals surface area (Å²) in [6.07, 6.45) is 8.82. The van der Waals surface area contributed by atoms with Gasteiger partial charge in [0.1, 0.15) is 12.7 Å². The van der Waals surface area contributed by atoms with Gasteiger partial charge in [-0.25, -0.2) is 0 Å². The molecule has 0 aliphatic carbocycles. The molecule has 0 spiro atoms. The molecular formula is C11H21N3. The van der Waals surface area contributed by atoms with Crippen LogP contribution in [0.2, 0.25) is 0 Å². The van der Waals surface area contributed by atoms with Gasteiger partial charge in [-0.2, -0.15) is 0 Å². The number of hydrogen-bond acceptors (Lipinski definition) is 2. The summed E-state index contributed by atoms with van der Waals surface area (Å²) in [5.41, 5.74) is 0.359. The predicted molar refractivity (Wildman–Crippen MR) is 57.9 cm³/mol. The highest BCUT2D eigenvalue weighted by atomic mass is 15.2. The fraction of sp³-hybridized carbons (Fsp3) is 0.818. The van der Waals surface area contributed by atoms with Gasteiger partial charge in [0.15, 0.2) is 0 Å². The molecule has 0 N–H and O–H groups in total. The van der Waals surface area contributed by atoms with E-state index < -0.39 is 0 Å². The predicted octanol–water partition coefficient (Wildman–Crippen LogP) is 2.88. The lowest BCUT2D eigenvalue weighted by Crippen LogP contribution is -2.18. The van der Waals surface area contributed by atoms with Gasteiger partial charge in [-0.1, -0.05) is 40.0 Å². The van der Waals surface area contributed by atoms with Crippen LogP contribution in [0.25, 0.3) is 0 Å². The monoisotopic (exact) mass is 195 g/mol. The maximum Gasteiger partial charge on any atom is 0.119 e. The third kappa shape index (κ3) is 3.90. The highest BCUT2D eigenvalue weighted by molar-refractivity contribution is 4.72. The first-order valence-corrected chi connectivity index (χ1v) is 5.46. The summed E-state index contributed by atoms with van der Waals surface area (Å²) in [5.74, 6) is 0. The van der Waals surface area contributed by atoms with E-state index in [9.17, 15) is 0 Å². The zero-order valence-corrected chi connectivity index (χ0v) is 9.53. The minimum absolute atomic E-state index is 0.359. The molecule has 0 atom stereocenters. The molecule has 0 unspecified atom stereocenters. The second-order valence-electron chi connectivity index (χ2n) is 4.76. The van der Waals surface area contributed by atoms with Crippen LogP contribution < -0.4 is 0 Å². The minimum atomic E-state index is 0.359. The van der Waals surface area contributed by atoms with Crippen molar-refractivity contribution in [2.24, 2.45) is 5.41 Å². The second kappa shape index (κ2) is 5.13. The molecule has 3 heteroatoms. The molecule has 1 heterocycles. The van der Waals surface area contributed by atoms with Crippen LogP contribution >= 0.6 is 0 Å². The van der Waals surface area contributed by atoms with Gasteiger partial charge in [0.2, 0.25) is 0 Å². The average Bonchev–Trinajstić information content (AvgIpc) is 2.56. The molecule has 0 bridgehead atoms. The molecule has 0 fully saturated rings. The molecular weight excluding hydrogens is 174 g/mol. The van der Waals surface area contributed by atoms with Crippen molar-refractivity contribution < 1.29 is 0 Å². The Kier molecular flexibility index (Phi) is 4.11. The van der Waals surface area contributed by atoms with Crippen LogP contribution in [0.5, 0.6) is 0 Å². The molecule has 0 aromatic carbocycles. The quantitative estimate of drug-likeness (QED) is 0.653. The van der Waals surface area contributed by atoms with Crippen molar-refractivity contribution >= 4 is 0 Å². The van der Waals surface area contributed by atoms with Gasteiger partial charge in [0, 0.05) is 6.54 Å². The van der Waals surface area contributed by atoms with Crippen molar-refractivity contribution in [1.82, 2.24) is 14.8 Å². The van der Waals surface area contributed by atoms with Crippen molar-refractivity contribution in [2.75, 3.05) is 0 Å². The Morgan fingerprint density at radius 1 is 1.14 bits per heavy atom. The first kappa shape index (κ1) is 11.2. The number of nitrogens with zero attached hydrogens (tertiary/aromatic N) is 3. The molecule has 80 valence electrons. The molecule has 14 heavy (non-hydrogen) atoms. The lowest BCUT2D eigenvalue weighted by atomic mass is 9.87. The SMILES string of the molecule is CCCCCC(C)(C)Cn1cnnc1. The Morgan fingerprint density at radius 2 is 1.79 bits per heavy atom. The number of hydrogen-bond donors (Lipinski definition) is 0. The van der Waals surface area contributed by atoms with Crippen LogP contribution in [0.4, 0.5) is 0 Å². The van der Waals surface area contributed by atoms with E-state index in [1.54, 1.807) is 12.7 Å². The standard InChI is InChI=1S/C11H21N3/c1-4-5-6-7-11(2,3)8-14-9-12-13-10-14/h9-10H,4-8H2,1-3H3. The van der Waals surface area contributed by atoms with Crippen molar-refractivity contribution in [3.05, 3.63) is 12.7 Å². The van der Waals surface area contributed by atoms with Gasteiger partial charge in [-0.15, -0.1) is 10.2 Å². The largest absolute Gasteiger partial charge is 0.320 e. The normalized spacial score (nSPS) is 11.9. The van der Waals surface area contributed by atoms with Crippen LogP contribution in [0.1, 0.15) is 46.5 Å². The van der Waals surface area contributed by atoms with E-state index in [1.165, 1.54) is 25.7 Å². The number of rotatable bonds is 6. The van der Waals surface area contributed by atoms with E-state index in [4.69, 9.17) is 0 Å². The first-order valence-electron chi connectivity index (χ1n) is 5.46. The van der Waals surface area contributed by atoms with Gasteiger partial charge in [0.05, 0.1) is 0 Å². The highest BCUT2D eigenvalue weighted by Crippen LogP contribution is 2.25. The molecule has 0 saturated heterocycles. The van der Waals surface area contributed by atoms with E-state index in [0.29, 0.717) is 5.41 Å². The van der Waals surface area contributed by atoms with Gasteiger partial charge in [0.25, 0.3) is 0 Å². The summed E-state index contributed by atoms with van der Waals surface area (Å²) in [4.78, 5) is 0. The molecule has 0 saturated carbocycles. The van der Waals surface area contributed by atoms with Crippen LogP contribution in [0.3, 0.4) is 0 Å². The molecule has 0 aliphatic heterocycles. The van der Waals surface area contributed by atoms with Gasteiger partial charge < -0.3 is 4.57 Å². The van der Waals surface area contributed by atoms with Crippen LogP contribution in [0, 0.1) is 5.41 Å². The molecule has 3 nitrogen and oxygen atoms in total. The fourth-order valence-electron chi connectivity index (χ4n) is 1.73. The molecule has 0 aliphatic rings. The minimum Gasteiger partial charge on any atom is -0.320 e. The Morgan fingerprint density at radius 3 is 2.36 bits per heavy atom. The summed E-state index contributed by atoms with van der Waals surface area (Å²) in [6, 6.07) is 0. The van der Waals surface area contributed by atoms with Gasteiger partial charge in [-0.05, 0) is 11.8 Å². The lowest BCUT2D eigenvalue weighted by molar-refractivity contribution is 0.271. The zero-order chi connectivity index (χ0) is 10.4. The Hall–Kier alpha value is -0.860.